The predicted molar refractivity (Wildman–Crippen MR) is 76.9 cm³/mol. The predicted octanol–water partition coefficient (Wildman–Crippen LogP) is 4.49. The number of rotatable bonds is 5. The van der Waals surface area contributed by atoms with Crippen molar-refractivity contribution in [3.05, 3.63) is 33.3 Å². The Hall–Kier alpha value is -0.0900. The van der Waals surface area contributed by atoms with Gasteiger partial charge >= 0.3 is 0 Å². The third-order valence-electron chi connectivity index (χ3n) is 3.35. The van der Waals surface area contributed by atoms with Gasteiger partial charge in [0.15, 0.2) is 0 Å². The van der Waals surface area contributed by atoms with E-state index in [1.54, 1.807) is 0 Å². The molecule has 1 saturated heterocycles. The second kappa shape index (κ2) is 6.90. The zero-order valence-corrected chi connectivity index (χ0v) is 12.6. The summed E-state index contributed by atoms with van der Waals surface area (Å²) in [5.41, 5.74) is 0.909. The van der Waals surface area contributed by atoms with Crippen molar-refractivity contribution in [3.63, 3.8) is 0 Å². The first-order valence-electron chi connectivity index (χ1n) is 6.41. The molecule has 0 spiro atoms. The minimum absolute atomic E-state index is 0.408. The third-order valence-corrected chi connectivity index (χ3v) is 4.27. The molecule has 0 aromatic heterocycles. The van der Waals surface area contributed by atoms with Crippen molar-refractivity contribution in [1.29, 1.82) is 0 Å². The van der Waals surface area contributed by atoms with Crippen molar-refractivity contribution in [2.45, 2.75) is 44.3 Å². The van der Waals surface area contributed by atoms with Crippen LogP contribution < -0.4 is 0 Å². The second-order valence-electron chi connectivity index (χ2n) is 4.75. The van der Waals surface area contributed by atoms with E-state index in [1.165, 1.54) is 12.8 Å². The zero-order chi connectivity index (χ0) is 13.0. The number of benzene rings is 1. The van der Waals surface area contributed by atoms with Crippen LogP contribution in [0.3, 0.4) is 0 Å². The summed E-state index contributed by atoms with van der Waals surface area (Å²) in [4.78, 5) is 0. The Balaban J connectivity index is 1.81. The largest absolute Gasteiger partial charge is 0.388 e. The highest BCUT2D eigenvalue weighted by molar-refractivity contribution is 9.10. The van der Waals surface area contributed by atoms with E-state index < -0.39 is 6.10 Å². The van der Waals surface area contributed by atoms with E-state index in [2.05, 4.69) is 15.9 Å². The Morgan fingerprint density at radius 2 is 2.33 bits per heavy atom. The summed E-state index contributed by atoms with van der Waals surface area (Å²) in [5.74, 6) is 0. The molecule has 100 valence electrons. The Morgan fingerprint density at radius 3 is 3.00 bits per heavy atom. The highest BCUT2D eigenvalue weighted by Gasteiger charge is 2.17. The fourth-order valence-corrected chi connectivity index (χ4v) is 3.29. The van der Waals surface area contributed by atoms with Crippen LogP contribution in [0.5, 0.6) is 0 Å². The maximum absolute atomic E-state index is 10.2. The van der Waals surface area contributed by atoms with Crippen molar-refractivity contribution in [1.82, 2.24) is 0 Å². The van der Waals surface area contributed by atoms with Gasteiger partial charge in [0.05, 0.1) is 12.2 Å². The van der Waals surface area contributed by atoms with Gasteiger partial charge in [-0.05, 0) is 49.8 Å². The smallest absolute Gasteiger partial charge is 0.0801 e. The SMILES string of the molecule is OC(CCCC1CCCO1)c1ccc(Cl)cc1Br. The van der Waals surface area contributed by atoms with Crippen LogP contribution >= 0.6 is 27.5 Å². The van der Waals surface area contributed by atoms with Crippen LogP contribution in [0.2, 0.25) is 5.02 Å². The van der Waals surface area contributed by atoms with Crippen LogP contribution in [-0.2, 0) is 4.74 Å². The van der Waals surface area contributed by atoms with Crippen molar-refractivity contribution >= 4 is 27.5 Å². The highest BCUT2D eigenvalue weighted by Crippen LogP contribution is 2.30. The number of aliphatic hydroxyl groups excluding tert-OH is 1. The molecule has 2 rings (SSSR count). The summed E-state index contributed by atoms with van der Waals surface area (Å²) < 4.78 is 6.45. The quantitative estimate of drug-likeness (QED) is 0.860. The lowest BCUT2D eigenvalue weighted by Gasteiger charge is -2.14. The Labute approximate surface area is 121 Å². The van der Waals surface area contributed by atoms with Gasteiger partial charge in [0.25, 0.3) is 0 Å². The van der Waals surface area contributed by atoms with Crippen LogP contribution in [0, 0.1) is 0 Å². The molecule has 1 aromatic rings. The molecule has 1 heterocycles. The Bertz CT molecular complexity index is 391. The van der Waals surface area contributed by atoms with Gasteiger partial charge in [0, 0.05) is 16.1 Å². The van der Waals surface area contributed by atoms with Gasteiger partial charge in [-0.15, -0.1) is 0 Å². The molecule has 1 N–H and O–H groups in total. The summed E-state index contributed by atoms with van der Waals surface area (Å²) in [5, 5.41) is 10.8. The molecular weight excluding hydrogens is 316 g/mol. The summed E-state index contributed by atoms with van der Waals surface area (Å²) in [6, 6.07) is 5.51. The minimum Gasteiger partial charge on any atom is -0.388 e. The number of hydrogen-bond acceptors (Lipinski definition) is 2. The fourth-order valence-electron chi connectivity index (χ4n) is 2.34. The van der Waals surface area contributed by atoms with Crippen LogP contribution in [0.1, 0.15) is 43.8 Å². The molecule has 1 aromatic carbocycles. The number of halogens is 2. The molecule has 0 bridgehead atoms. The zero-order valence-electron chi connectivity index (χ0n) is 10.2. The van der Waals surface area contributed by atoms with Crippen LogP contribution in [0.15, 0.2) is 22.7 Å². The van der Waals surface area contributed by atoms with Crippen molar-refractivity contribution in [3.8, 4) is 0 Å². The average molecular weight is 334 g/mol. The molecule has 1 fully saturated rings. The van der Waals surface area contributed by atoms with Gasteiger partial charge in [-0.25, -0.2) is 0 Å². The fraction of sp³-hybridized carbons (Fsp3) is 0.571. The lowest BCUT2D eigenvalue weighted by molar-refractivity contribution is 0.0944. The highest BCUT2D eigenvalue weighted by atomic mass is 79.9. The lowest BCUT2D eigenvalue weighted by atomic mass is 10.0. The monoisotopic (exact) mass is 332 g/mol. The first kappa shape index (κ1) is 14.3. The van der Waals surface area contributed by atoms with E-state index in [0.29, 0.717) is 11.1 Å². The average Bonchev–Trinajstić information content (AvgIpc) is 2.81. The summed E-state index contributed by atoms with van der Waals surface area (Å²) in [6.07, 6.45) is 5.11. The Morgan fingerprint density at radius 1 is 1.50 bits per heavy atom. The summed E-state index contributed by atoms with van der Waals surface area (Å²) >= 11 is 9.32. The molecule has 2 unspecified atom stereocenters. The van der Waals surface area contributed by atoms with Crippen molar-refractivity contribution < 1.29 is 9.84 Å². The van der Waals surface area contributed by atoms with Gasteiger partial charge in [0.1, 0.15) is 0 Å². The van der Waals surface area contributed by atoms with Crippen molar-refractivity contribution in [2.75, 3.05) is 6.61 Å². The second-order valence-corrected chi connectivity index (χ2v) is 6.04. The molecule has 4 heteroatoms. The topological polar surface area (TPSA) is 29.5 Å². The van der Waals surface area contributed by atoms with Gasteiger partial charge in [-0.3, -0.25) is 0 Å². The normalized spacial score (nSPS) is 21.2. The van der Waals surface area contributed by atoms with Gasteiger partial charge in [-0.2, -0.15) is 0 Å². The van der Waals surface area contributed by atoms with E-state index in [0.717, 1.165) is 35.9 Å². The van der Waals surface area contributed by atoms with Gasteiger partial charge in [0.2, 0.25) is 0 Å². The maximum Gasteiger partial charge on any atom is 0.0801 e. The molecular formula is C14H18BrClO2. The van der Waals surface area contributed by atoms with E-state index >= 15 is 0 Å². The number of aliphatic hydroxyl groups is 1. The standard InChI is InChI=1S/C14H18BrClO2/c15-13-9-10(16)6-7-12(13)14(17)5-1-3-11-4-2-8-18-11/h6-7,9,11,14,17H,1-5,8H2. The molecule has 1 aliphatic rings. The van der Waals surface area contributed by atoms with Crippen LogP contribution in [-0.4, -0.2) is 17.8 Å². The molecule has 2 nitrogen and oxygen atoms in total. The van der Waals surface area contributed by atoms with E-state index in [4.69, 9.17) is 16.3 Å². The van der Waals surface area contributed by atoms with Crippen LogP contribution in [0.25, 0.3) is 0 Å². The lowest BCUT2D eigenvalue weighted by Crippen LogP contribution is -2.06. The van der Waals surface area contributed by atoms with Crippen molar-refractivity contribution in [2.24, 2.45) is 0 Å². The van der Waals surface area contributed by atoms with E-state index in [1.807, 2.05) is 18.2 Å². The summed E-state index contributed by atoms with van der Waals surface area (Å²) in [7, 11) is 0. The van der Waals surface area contributed by atoms with Gasteiger partial charge < -0.3 is 9.84 Å². The molecule has 0 saturated carbocycles. The molecule has 0 radical (unpaired) electrons. The summed E-state index contributed by atoms with van der Waals surface area (Å²) in [6.45, 7) is 0.899. The van der Waals surface area contributed by atoms with Crippen LogP contribution in [0.4, 0.5) is 0 Å². The van der Waals surface area contributed by atoms with Gasteiger partial charge in [-0.1, -0.05) is 33.6 Å². The van der Waals surface area contributed by atoms with E-state index in [-0.39, 0.29) is 0 Å². The first-order chi connectivity index (χ1) is 8.66. The molecule has 1 aliphatic heterocycles. The number of ether oxygens (including phenoxy) is 1. The first-order valence-corrected chi connectivity index (χ1v) is 7.58. The molecule has 0 aliphatic carbocycles. The minimum atomic E-state index is -0.432. The Kier molecular flexibility index (Phi) is 5.49. The maximum atomic E-state index is 10.2. The molecule has 2 atom stereocenters. The number of hydrogen-bond donors (Lipinski definition) is 1. The third kappa shape index (κ3) is 3.95. The molecule has 18 heavy (non-hydrogen) atoms. The van der Waals surface area contributed by atoms with E-state index in [9.17, 15) is 5.11 Å². The molecule has 0 amide bonds.